The molecule has 33 heavy (non-hydrogen) atoms. The number of benzene rings is 2. The highest BCUT2D eigenvalue weighted by molar-refractivity contribution is 7.16. The Hall–Kier alpha value is -4.31. The molecule has 5 rings (SSSR count). The molecule has 1 N–H and O–H groups in total. The molecule has 3 heterocycles. The van der Waals surface area contributed by atoms with Crippen molar-refractivity contribution >= 4 is 33.2 Å². The molecular formula is C23H16N4O5S. The molecule has 0 radical (unpaired) electrons. The largest absolute Gasteiger partial charge is 0.456 e. The van der Waals surface area contributed by atoms with Crippen molar-refractivity contribution in [3.8, 4) is 5.69 Å². The van der Waals surface area contributed by atoms with E-state index in [9.17, 15) is 19.2 Å². The summed E-state index contributed by atoms with van der Waals surface area (Å²) in [5.74, 6) is -0.672. The molecule has 2 aromatic carbocycles. The molecular weight excluding hydrogens is 444 g/mol. The first-order valence-corrected chi connectivity index (χ1v) is 10.7. The highest BCUT2D eigenvalue weighted by Crippen LogP contribution is 2.15. The van der Waals surface area contributed by atoms with Crippen LogP contribution < -0.4 is 16.8 Å². The SMILES string of the molecule is Cc1cn2c(=O)cc(COC(=O)c3ccc4c(=O)n(-c5ccccc5)c(=O)[nH]c4c3)nc2s1. The Balaban J connectivity index is 1.43. The molecule has 0 unspecified atom stereocenters. The first-order chi connectivity index (χ1) is 15.9. The summed E-state index contributed by atoms with van der Waals surface area (Å²) < 4.78 is 7.78. The van der Waals surface area contributed by atoms with Crippen LogP contribution in [-0.2, 0) is 11.3 Å². The summed E-state index contributed by atoms with van der Waals surface area (Å²) in [6.45, 7) is 1.68. The number of nitrogens with zero attached hydrogens (tertiary/aromatic N) is 3. The zero-order valence-corrected chi connectivity index (χ0v) is 18.1. The topological polar surface area (TPSA) is 116 Å². The van der Waals surface area contributed by atoms with Crippen molar-refractivity contribution in [3.05, 3.63) is 108 Å². The lowest BCUT2D eigenvalue weighted by Gasteiger charge is -2.08. The number of rotatable bonds is 4. The summed E-state index contributed by atoms with van der Waals surface area (Å²) in [5.41, 5.74) is -0.227. The van der Waals surface area contributed by atoms with Gasteiger partial charge in [0.05, 0.1) is 27.8 Å². The number of esters is 1. The van der Waals surface area contributed by atoms with Gasteiger partial charge in [-0.2, -0.15) is 0 Å². The standard InChI is InChI=1S/C23H16N4O5S/c1-13-11-26-19(28)10-15(24-23(26)33-13)12-32-21(30)14-7-8-17-18(9-14)25-22(31)27(20(17)29)16-5-3-2-4-6-16/h2-11H,12H2,1H3,(H,25,31). The smallest absolute Gasteiger partial charge is 0.338 e. The van der Waals surface area contributed by atoms with E-state index in [4.69, 9.17) is 4.74 Å². The van der Waals surface area contributed by atoms with Crippen LogP contribution in [0.2, 0.25) is 0 Å². The highest BCUT2D eigenvalue weighted by atomic mass is 32.1. The van der Waals surface area contributed by atoms with Gasteiger partial charge in [-0.15, -0.1) is 11.3 Å². The summed E-state index contributed by atoms with van der Waals surface area (Å²) in [7, 11) is 0. The number of carbonyl (C=O) groups is 1. The van der Waals surface area contributed by atoms with Gasteiger partial charge >= 0.3 is 11.7 Å². The molecule has 0 atom stereocenters. The van der Waals surface area contributed by atoms with Crippen molar-refractivity contribution in [1.29, 1.82) is 0 Å². The van der Waals surface area contributed by atoms with Gasteiger partial charge in [-0.1, -0.05) is 18.2 Å². The third kappa shape index (κ3) is 3.76. The summed E-state index contributed by atoms with van der Waals surface area (Å²) in [5, 5.41) is 0.253. The maximum atomic E-state index is 12.9. The molecule has 164 valence electrons. The monoisotopic (exact) mass is 460 g/mol. The maximum absolute atomic E-state index is 12.9. The van der Waals surface area contributed by atoms with E-state index in [2.05, 4.69) is 9.97 Å². The van der Waals surface area contributed by atoms with Crippen LogP contribution in [-0.4, -0.2) is 24.9 Å². The zero-order valence-electron chi connectivity index (χ0n) is 17.3. The number of thiazole rings is 1. The molecule has 5 aromatic rings. The quantitative estimate of drug-likeness (QED) is 0.412. The van der Waals surface area contributed by atoms with Gasteiger partial charge < -0.3 is 9.72 Å². The Morgan fingerprint density at radius 3 is 2.67 bits per heavy atom. The van der Waals surface area contributed by atoms with E-state index in [1.54, 1.807) is 36.5 Å². The third-order valence-electron chi connectivity index (χ3n) is 5.04. The van der Waals surface area contributed by atoms with E-state index in [-0.39, 0.29) is 28.6 Å². The summed E-state index contributed by atoms with van der Waals surface area (Å²) in [6, 6.07) is 14.2. The van der Waals surface area contributed by atoms with E-state index < -0.39 is 17.2 Å². The first kappa shape index (κ1) is 20.6. The molecule has 0 aliphatic heterocycles. The predicted molar refractivity (Wildman–Crippen MR) is 123 cm³/mol. The van der Waals surface area contributed by atoms with Crippen molar-refractivity contribution in [3.63, 3.8) is 0 Å². The Morgan fingerprint density at radius 2 is 1.88 bits per heavy atom. The molecule has 0 aliphatic carbocycles. The van der Waals surface area contributed by atoms with Crippen LogP contribution in [0.3, 0.4) is 0 Å². The van der Waals surface area contributed by atoms with E-state index in [1.807, 2.05) is 6.92 Å². The minimum atomic E-state index is -0.672. The number of hydrogen-bond donors (Lipinski definition) is 1. The van der Waals surface area contributed by atoms with Crippen LogP contribution in [0.4, 0.5) is 0 Å². The van der Waals surface area contributed by atoms with Crippen LogP contribution in [0.5, 0.6) is 0 Å². The highest BCUT2D eigenvalue weighted by Gasteiger charge is 2.14. The molecule has 0 fully saturated rings. The van der Waals surface area contributed by atoms with Gasteiger partial charge in [0, 0.05) is 17.1 Å². The minimum Gasteiger partial charge on any atom is -0.456 e. The van der Waals surface area contributed by atoms with Gasteiger partial charge in [-0.05, 0) is 37.3 Å². The number of fused-ring (bicyclic) bond motifs is 2. The van der Waals surface area contributed by atoms with Crippen LogP contribution in [0.25, 0.3) is 21.6 Å². The summed E-state index contributed by atoms with van der Waals surface area (Å²) in [6.07, 6.45) is 1.70. The third-order valence-corrected chi connectivity index (χ3v) is 5.93. The zero-order chi connectivity index (χ0) is 23.1. The minimum absolute atomic E-state index is 0.153. The van der Waals surface area contributed by atoms with Crippen molar-refractivity contribution in [2.45, 2.75) is 13.5 Å². The number of hydrogen-bond acceptors (Lipinski definition) is 7. The van der Waals surface area contributed by atoms with E-state index in [0.29, 0.717) is 16.3 Å². The molecule has 3 aromatic heterocycles. The summed E-state index contributed by atoms with van der Waals surface area (Å²) >= 11 is 1.36. The van der Waals surface area contributed by atoms with E-state index in [0.717, 1.165) is 9.44 Å². The Bertz CT molecular complexity index is 1710. The first-order valence-electron chi connectivity index (χ1n) is 9.91. The van der Waals surface area contributed by atoms with Gasteiger partial charge in [0.1, 0.15) is 6.61 Å². The molecule has 0 amide bonds. The second-order valence-electron chi connectivity index (χ2n) is 7.32. The number of para-hydroxylation sites is 1. The maximum Gasteiger partial charge on any atom is 0.338 e. The number of aryl methyl sites for hydroxylation is 1. The normalized spacial score (nSPS) is 11.2. The molecule has 0 saturated carbocycles. The van der Waals surface area contributed by atoms with E-state index >= 15 is 0 Å². The molecule has 0 spiro atoms. The molecule has 0 aliphatic rings. The number of ether oxygens (including phenoxy) is 1. The lowest BCUT2D eigenvalue weighted by atomic mass is 10.1. The number of nitrogens with one attached hydrogen (secondary N) is 1. The fourth-order valence-corrected chi connectivity index (χ4v) is 4.36. The van der Waals surface area contributed by atoms with Crippen molar-refractivity contribution in [2.75, 3.05) is 0 Å². The van der Waals surface area contributed by atoms with Gasteiger partial charge in [0.2, 0.25) is 0 Å². The second-order valence-corrected chi connectivity index (χ2v) is 8.54. The van der Waals surface area contributed by atoms with Crippen LogP contribution in [0, 0.1) is 6.92 Å². The number of aromatic nitrogens is 4. The summed E-state index contributed by atoms with van der Waals surface area (Å²) in [4.78, 5) is 58.6. The van der Waals surface area contributed by atoms with Crippen LogP contribution in [0.15, 0.2) is 75.2 Å². The lowest BCUT2D eigenvalue weighted by Crippen LogP contribution is -2.33. The fraction of sp³-hybridized carbons (Fsp3) is 0.0870. The predicted octanol–water partition coefficient (Wildman–Crippen LogP) is 2.41. The Kier molecular flexibility index (Phi) is 4.98. The van der Waals surface area contributed by atoms with Crippen LogP contribution >= 0.6 is 11.3 Å². The second kappa shape index (κ2) is 7.99. The van der Waals surface area contributed by atoms with Gasteiger partial charge in [0.25, 0.3) is 11.1 Å². The van der Waals surface area contributed by atoms with Gasteiger partial charge in [-0.3, -0.25) is 14.0 Å². The lowest BCUT2D eigenvalue weighted by molar-refractivity contribution is 0.0468. The molecule has 0 saturated heterocycles. The van der Waals surface area contributed by atoms with Crippen molar-refractivity contribution in [2.24, 2.45) is 0 Å². The van der Waals surface area contributed by atoms with Gasteiger partial charge in [-0.25, -0.2) is 19.1 Å². The Morgan fingerprint density at radius 1 is 1.09 bits per heavy atom. The molecule has 9 nitrogen and oxygen atoms in total. The van der Waals surface area contributed by atoms with Gasteiger partial charge in [0.15, 0.2) is 4.96 Å². The average molecular weight is 460 g/mol. The number of aromatic amines is 1. The molecule has 10 heteroatoms. The van der Waals surface area contributed by atoms with Crippen LogP contribution in [0.1, 0.15) is 20.9 Å². The number of carbonyl (C=O) groups excluding carboxylic acids is 1. The fourth-order valence-electron chi connectivity index (χ4n) is 3.51. The van der Waals surface area contributed by atoms with Crippen molar-refractivity contribution < 1.29 is 9.53 Å². The Labute approximate surface area is 189 Å². The molecule has 0 bridgehead atoms. The van der Waals surface area contributed by atoms with Crippen molar-refractivity contribution in [1.82, 2.24) is 18.9 Å². The van der Waals surface area contributed by atoms with E-state index in [1.165, 1.54) is 40.0 Å². The average Bonchev–Trinajstić information content (AvgIpc) is 3.18. The number of H-pyrrole nitrogens is 1.